The van der Waals surface area contributed by atoms with Crippen molar-refractivity contribution in [2.45, 2.75) is 19.8 Å². The first-order valence-electron chi connectivity index (χ1n) is 7.08. The zero-order valence-electron chi connectivity index (χ0n) is 13.5. The molecule has 1 aromatic rings. The van der Waals surface area contributed by atoms with E-state index in [9.17, 15) is 9.59 Å². The molecular formula is C16H25N3O2. The van der Waals surface area contributed by atoms with Gasteiger partial charge >= 0.3 is 0 Å². The number of carbonyl (C=O) groups is 2. The van der Waals surface area contributed by atoms with Crippen LogP contribution in [0.4, 0.5) is 5.69 Å². The Hall–Kier alpha value is -1.88. The van der Waals surface area contributed by atoms with Gasteiger partial charge in [-0.1, -0.05) is 26.0 Å². The van der Waals surface area contributed by atoms with Crippen LogP contribution in [0, 0.1) is 0 Å². The number of anilines is 1. The van der Waals surface area contributed by atoms with Crippen molar-refractivity contribution in [1.29, 1.82) is 0 Å². The van der Waals surface area contributed by atoms with E-state index in [1.165, 1.54) is 10.5 Å². The lowest BCUT2D eigenvalue weighted by Gasteiger charge is -2.18. The SMILES string of the molecule is CC(C)c1cccc(NC(=O)CN(C)CC(=O)N(C)C)c1. The zero-order valence-corrected chi connectivity index (χ0v) is 13.5. The van der Waals surface area contributed by atoms with E-state index in [0.717, 1.165) is 5.69 Å². The van der Waals surface area contributed by atoms with Crippen molar-refractivity contribution in [3.05, 3.63) is 29.8 Å². The lowest BCUT2D eigenvalue weighted by Crippen LogP contribution is -2.38. The summed E-state index contributed by atoms with van der Waals surface area (Å²) >= 11 is 0. The number of hydrogen-bond donors (Lipinski definition) is 1. The molecule has 1 rings (SSSR count). The Morgan fingerprint density at radius 1 is 1.14 bits per heavy atom. The fraction of sp³-hybridized carbons (Fsp3) is 0.500. The minimum atomic E-state index is -0.120. The van der Waals surface area contributed by atoms with E-state index < -0.39 is 0 Å². The average Bonchev–Trinajstić information content (AvgIpc) is 2.38. The van der Waals surface area contributed by atoms with Crippen molar-refractivity contribution in [3.63, 3.8) is 0 Å². The van der Waals surface area contributed by atoms with Crippen LogP contribution >= 0.6 is 0 Å². The van der Waals surface area contributed by atoms with E-state index in [1.54, 1.807) is 26.0 Å². The molecule has 0 spiro atoms. The number of rotatable bonds is 6. The van der Waals surface area contributed by atoms with Gasteiger partial charge in [0.2, 0.25) is 11.8 Å². The molecule has 0 aliphatic carbocycles. The molecule has 21 heavy (non-hydrogen) atoms. The Morgan fingerprint density at radius 2 is 1.81 bits per heavy atom. The summed E-state index contributed by atoms with van der Waals surface area (Å²) in [7, 11) is 5.16. The van der Waals surface area contributed by atoms with Crippen molar-refractivity contribution in [2.24, 2.45) is 0 Å². The summed E-state index contributed by atoms with van der Waals surface area (Å²) in [5, 5.41) is 2.87. The quantitative estimate of drug-likeness (QED) is 0.869. The third kappa shape index (κ3) is 5.95. The molecule has 0 atom stereocenters. The predicted octanol–water partition coefficient (Wildman–Crippen LogP) is 1.77. The van der Waals surface area contributed by atoms with Crippen LogP contribution in [0.15, 0.2) is 24.3 Å². The first-order chi connectivity index (χ1) is 9.79. The van der Waals surface area contributed by atoms with E-state index in [-0.39, 0.29) is 24.9 Å². The second-order valence-corrected chi connectivity index (χ2v) is 5.79. The number of nitrogens with zero attached hydrogens (tertiary/aromatic N) is 2. The van der Waals surface area contributed by atoms with Crippen molar-refractivity contribution in [2.75, 3.05) is 39.5 Å². The molecule has 116 valence electrons. The van der Waals surface area contributed by atoms with Crippen LogP contribution in [-0.4, -0.2) is 55.8 Å². The van der Waals surface area contributed by atoms with E-state index in [4.69, 9.17) is 0 Å². The van der Waals surface area contributed by atoms with Gasteiger partial charge in [-0.05, 0) is 30.7 Å². The van der Waals surface area contributed by atoms with Gasteiger partial charge in [-0.25, -0.2) is 0 Å². The van der Waals surface area contributed by atoms with Crippen molar-refractivity contribution >= 4 is 17.5 Å². The van der Waals surface area contributed by atoms with Gasteiger partial charge in [-0.15, -0.1) is 0 Å². The maximum Gasteiger partial charge on any atom is 0.238 e. The minimum Gasteiger partial charge on any atom is -0.348 e. The van der Waals surface area contributed by atoms with Crippen LogP contribution in [0.25, 0.3) is 0 Å². The fourth-order valence-electron chi connectivity index (χ4n) is 1.85. The van der Waals surface area contributed by atoms with Gasteiger partial charge < -0.3 is 10.2 Å². The van der Waals surface area contributed by atoms with Crippen molar-refractivity contribution in [1.82, 2.24) is 9.80 Å². The average molecular weight is 291 g/mol. The molecule has 0 saturated carbocycles. The van der Waals surface area contributed by atoms with E-state index >= 15 is 0 Å². The largest absolute Gasteiger partial charge is 0.348 e. The summed E-state index contributed by atoms with van der Waals surface area (Å²) in [6, 6.07) is 7.83. The number of carbonyl (C=O) groups excluding carboxylic acids is 2. The Morgan fingerprint density at radius 3 is 2.38 bits per heavy atom. The molecule has 1 N–H and O–H groups in total. The Labute approximate surface area is 126 Å². The lowest BCUT2D eigenvalue weighted by atomic mass is 10.0. The molecule has 0 bridgehead atoms. The molecule has 5 nitrogen and oxygen atoms in total. The van der Waals surface area contributed by atoms with Crippen LogP contribution in [0.1, 0.15) is 25.3 Å². The van der Waals surface area contributed by atoms with Crippen molar-refractivity contribution < 1.29 is 9.59 Å². The Balaban J connectivity index is 2.54. The standard InChI is InChI=1S/C16H25N3O2/c1-12(2)13-7-6-8-14(9-13)17-15(20)10-19(5)11-16(21)18(3)4/h6-9,12H,10-11H2,1-5H3,(H,17,20). The molecule has 1 aromatic carbocycles. The van der Waals surface area contributed by atoms with Crippen LogP contribution in [0.5, 0.6) is 0 Å². The van der Waals surface area contributed by atoms with E-state index in [2.05, 4.69) is 19.2 Å². The summed E-state index contributed by atoms with van der Waals surface area (Å²) < 4.78 is 0. The van der Waals surface area contributed by atoms with Gasteiger partial charge in [-0.2, -0.15) is 0 Å². The molecule has 0 heterocycles. The third-order valence-electron chi connectivity index (χ3n) is 3.15. The van der Waals surface area contributed by atoms with Crippen molar-refractivity contribution in [3.8, 4) is 0 Å². The van der Waals surface area contributed by atoms with E-state index in [1.807, 2.05) is 24.3 Å². The van der Waals surface area contributed by atoms with Crippen LogP contribution in [-0.2, 0) is 9.59 Å². The lowest BCUT2D eigenvalue weighted by molar-refractivity contribution is -0.130. The highest BCUT2D eigenvalue weighted by Crippen LogP contribution is 2.18. The highest BCUT2D eigenvalue weighted by atomic mass is 16.2. The second-order valence-electron chi connectivity index (χ2n) is 5.79. The maximum absolute atomic E-state index is 12.0. The molecule has 0 fully saturated rings. The number of likely N-dealkylation sites (N-methyl/N-ethyl adjacent to an activating group) is 2. The highest BCUT2D eigenvalue weighted by molar-refractivity contribution is 5.92. The predicted molar refractivity (Wildman–Crippen MR) is 85.4 cm³/mol. The Bertz CT molecular complexity index is 498. The molecule has 0 aliphatic heterocycles. The highest BCUT2D eigenvalue weighted by Gasteiger charge is 2.12. The molecule has 5 heteroatoms. The normalized spacial score (nSPS) is 10.8. The smallest absolute Gasteiger partial charge is 0.238 e. The molecule has 2 amide bonds. The van der Waals surface area contributed by atoms with Gasteiger partial charge in [-0.3, -0.25) is 14.5 Å². The maximum atomic E-state index is 12.0. The van der Waals surface area contributed by atoms with Gasteiger partial charge in [0.15, 0.2) is 0 Å². The summed E-state index contributed by atoms with van der Waals surface area (Å²) in [6.45, 7) is 4.64. The Kier molecular flexibility index (Phi) is 6.37. The summed E-state index contributed by atoms with van der Waals surface area (Å²) in [6.07, 6.45) is 0. The number of amides is 2. The fourth-order valence-corrected chi connectivity index (χ4v) is 1.85. The molecule has 0 unspecified atom stereocenters. The van der Waals surface area contributed by atoms with E-state index in [0.29, 0.717) is 5.92 Å². The van der Waals surface area contributed by atoms with Crippen LogP contribution in [0.2, 0.25) is 0 Å². The molecule has 0 aromatic heterocycles. The molecule has 0 aliphatic rings. The minimum absolute atomic E-state index is 0.0212. The summed E-state index contributed by atoms with van der Waals surface area (Å²) in [5.74, 6) is 0.277. The monoisotopic (exact) mass is 291 g/mol. The number of hydrogen-bond acceptors (Lipinski definition) is 3. The first kappa shape index (κ1) is 17.2. The zero-order chi connectivity index (χ0) is 16.0. The molecule has 0 saturated heterocycles. The number of nitrogens with one attached hydrogen (secondary N) is 1. The summed E-state index contributed by atoms with van der Waals surface area (Å²) in [4.78, 5) is 26.8. The van der Waals surface area contributed by atoms with Crippen LogP contribution in [0.3, 0.4) is 0 Å². The van der Waals surface area contributed by atoms with Gasteiger partial charge in [0.25, 0.3) is 0 Å². The number of benzene rings is 1. The van der Waals surface area contributed by atoms with Crippen LogP contribution < -0.4 is 5.32 Å². The van der Waals surface area contributed by atoms with Gasteiger partial charge in [0.1, 0.15) is 0 Å². The topological polar surface area (TPSA) is 52.7 Å². The van der Waals surface area contributed by atoms with Gasteiger partial charge in [0.05, 0.1) is 13.1 Å². The third-order valence-corrected chi connectivity index (χ3v) is 3.15. The first-order valence-corrected chi connectivity index (χ1v) is 7.08. The molecular weight excluding hydrogens is 266 g/mol. The summed E-state index contributed by atoms with van der Waals surface area (Å²) in [5.41, 5.74) is 1.97. The molecule has 0 radical (unpaired) electrons. The second kappa shape index (κ2) is 7.78. The van der Waals surface area contributed by atoms with Gasteiger partial charge in [0, 0.05) is 19.8 Å².